The molecule has 2 nitrogen and oxygen atoms in total. The molecule has 86 valence electrons. The maximum absolute atomic E-state index is 8.71. The molecule has 3 N–H and O–H groups in total. The normalized spacial score (nSPS) is 12.0. The summed E-state index contributed by atoms with van der Waals surface area (Å²) in [4.78, 5) is 0. The Morgan fingerprint density at radius 3 is 2.67 bits per heavy atom. The monoisotopic (exact) mass is 249 g/mol. The maximum atomic E-state index is 8.71. The summed E-state index contributed by atoms with van der Waals surface area (Å²) in [5, 5.41) is 9.43. The van der Waals surface area contributed by atoms with Gasteiger partial charge in [0.05, 0.1) is 0 Å². The Labute approximate surface area is 102 Å². The quantitative estimate of drug-likeness (QED) is 0.863. The lowest BCUT2D eigenvalue weighted by Gasteiger charge is -2.15. The minimum atomic E-state index is -0.0733. The summed E-state index contributed by atoms with van der Waals surface area (Å²) in [6.07, 6.45) is 1.48. The Hall–Kier alpha value is -0.280. The molecule has 0 amide bonds. The molecule has 1 aromatic carbocycles. The summed E-state index contributed by atoms with van der Waals surface area (Å²) >= 11 is 6.06. The van der Waals surface area contributed by atoms with Crippen LogP contribution < -0.4 is 5.73 Å². The number of halogens is 2. The number of benzene rings is 1. The predicted octanol–water partition coefficient (Wildman–Crippen LogP) is 2.84. The number of hydrogen-bond acceptors (Lipinski definition) is 2. The van der Waals surface area contributed by atoms with Gasteiger partial charge >= 0.3 is 0 Å². The van der Waals surface area contributed by atoms with Gasteiger partial charge in [-0.05, 0) is 37.0 Å². The molecule has 0 heterocycles. The van der Waals surface area contributed by atoms with Gasteiger partial charge in [0, 0.05) is 17.7 Å². The number of nitrogens with two attached hydrogens (primary N) is 1. The van der Waals surface area contributed by atoms with Crippen molar-refractivity contribution in [1.29, 1.82) is 0 Å². The van der Waals surface area contributed by atoms with Gasteiger partial charge in [-0.3, -0.25) is 0 Å². The number of aliphatic hydroxyl groups is 1. The molecule has 0 spiro atoms. The molecule has 0 aliphatic rings. The van der Waals surface area contributed by atoms with Crippen molar-refractivity contribution in [3.8, 4) is 0 Å². The van der Waals surface area contributed by atoms with Crippen LogP contribution in [-0.4, -0.2) is 11.7 Å². The van der Waals surface area contributed by atoms with Crippen LogP contribution in [0.5, 0.6) is 0 Å². The molecule has 1 aromatic rings. The maximum Gasteiger partial charge on any atom is 0.0456 e. The SMILES string of the molecule is Cc1cccc(Cl)c1[C@H](N)CCCO.Cl. The van der Waals surface area contributed by atoms with Crippen molar-refractivity contribution < 1.29 is 5.11 Å². The van der Waals surface area contributed by atoms with Crippen LogP contribution in [0.4, 0.5) is 0 Å². The minimum absolute atomic E-state index is 0. The van der Waals surface area contributed by atoms with Gasteiger partial charge < -0.3 is 10.8 Å². The first-order valence-corrected chi connectivity index (χ1v) is 5.16. The molecule has 0 radical (unpaired) electrons. The largest absolute Gasteiger partial charge is 0.396 e. The van der Waals surface area contributed by atoms with Crippen LogP contribution in [0.2, 0.25) is 5.02 Å². The van der Waals surface area contributed by atoms with Crippen molar-refractivity contribution in [3.63, 3.8) is 0 Å². The van der Waals surface area contributed by atoms with Gasteiger partial charge in [-0.15, -0.1) is 12.4 Å². The number of aliphatic hydroxyl groups excluding tert-OH is 1. The van der Waals surface area contributed by atoms with Crippen molar-refractivity contribution in [1.82, 2.24) is 0 Å². The van der Waals surface area contributed by atoms with Crippen LogP contribution in [0, 0.1) is 6.92 Å². The summed E-state index contributed by atoms with van der Waals surface area (Å²) in [7, 11) is 0. The highest BCUT2D eigenvalue weighted by Crippen LogP contribution is 2.27. The molecule has 15 heavy (non-hydrogen) atoms. The second-order valence-electron chi connectivity index (χ2n) is 3.44. The van der Waals surface area contributed by atoms with E-state index in [1.165, 1.54) is 0 Å². The zero-order chi connectivity index (χ0) is 10.6. The Balaban J connectivity index is 0.00000196. The van der Waals surface area contributed by atoms with Gasteiger partial charge in [-0.2, -0.15) is 0 Å². The molecule has 0 aliphatic heterocycles. The molecule has 4 heteroatoms. The van der Waals surface area contributed by atoms with Gasteiger partial charge in [-0.1, -0.05) is 23.7 Å². The fourth-order valence-corrected chi connectivity index (χ4v) is 1.93. The highest BCUT2D eigenvalue weighted by molar-refractivity contribution is 6.31. The zero-order valence-electron chi connectivity index (χ0n) is 8.74. The molecule has 0 saturated carbocycles. The highest BCUT2D eigenvalue weighted by atomic mass is 35.5. The van der Waals surface area contributed by atoms with Crippen molar-refractivity contribution in [3.05, 3.63) is 34.3 Å². The van der Waals surface area contributed by atoms with E-state index in [4.69, 9.17) is 22.4 Å². The summed E-state index contributed by atoms with van der Waals surface area (Å²) < 4.78 is 0. The van der Waals surface area contributed by atoms with Crippen LogP contribution in [0.25, 0.3) is 0 Å². The molecule has 0 saturated heterocycles. The lowest BCUT2D eigenvalue weighted by molar-refractivity contribution is 0.280. The van der Waals surface area contributed by atoms with E-state index in [0.717, 1.165) is 22.6 Å². The average molecular weight is 250 g/mol. The second-order valence-corrected chi connectivity index (χ2v) is 3.85. The standard InChI is InChI=1S/C11H16ClNO.ClH/c1-8-4-2-5-9(12)11(8)10(13)6-3-7-14;/h2,4-5,10,14H,3,6-7,13H2,1H3;1H/t10-;/m1./s1. The van der Waals surface area contributed by atoms with E-state index in [-0.39, 0.29) is 25.1 Å². The van der Waals surface area contributed by atoms with Crippen molar-refractivity contribution >= 4 is 24.0 Å². The molecule has 1 atom stereocenters. The smallest absolute Gasteiger partial charge is 0.0456 e. The molecular formula is C11H17Cl2NO. The lowest BCUT2D eigenvalue weighted by Crippen LogP contribution is -2.12. The van der Waals surface area contributed by atoms with Crippen LogP contribution in [-0.2, 0) is 0 Å². The van der Waals surface area contributed by atoms with Crippen molar-refractivity contribution in [2.75, 3.05) is 6.61 Å². The van der Waals surface area contributed by atoms with Crippen LogP contribution in [0.3, 0.4) is 0 Å². The number of aryl methyl sites for hydroxylation is 1. The second kappa shape index (κ2) is 7.07. The topological polar surface area (TPSA) is 46.2 Å². The Morgan fingerprint density at radius 1 is 1.47 bits per heavy atom. The van der Waals surface area contributed by atoms with E-state index < -0.39 is 0 Å². The summed E-state index contributed by atoms with van der Waals surface area (Å²) in [6.45, 7) is 2.18. The minimum Gasteiger partial charge on any atom is -0.396 e. The van der Waals surface area contributed by atoms with Gasteiger partial charge in [0.15, 0.2) is 0 Å². The fourth-order valence-electron chi connectivity index (χ4n) is 1.57. The van der Waals surface area contributed by atoms with E-state index in [2.05, 4.69) is 0 Å². The molecule has 0 unspecified atom stereocenters. The fraction of sp³-hybridized carbons (Fsp3) is 0.455. The lowest BCUT2D eigenvalue weighted by atomic mass is 9.98. The van der Waals surface area contributed by atoms with E-state index in [1.54, 1.807) is 0 Å². The van der Waals surface area contributed by atoms with E-state index >= 15 is 0 Å². The average Bonchev–Trinajstić information content (AvgIpc) is 2.14. The molecule has 0 fully saturated rings. The third-order valence-electron chi connectivity index (χ3n) is 2.31. The third-order valence-corrected chi connectivity index (χ3v) is 2.64. The molecule has 0 aliphatic carbocycles. The van der Waals surface area contributed by atoms with Crippen molar-refractivity contribution in [2.24, 2.45) is 5.73 Å². The van der Waals surface area contributed by atoms with E-state index in [1.807, 2.05) is 25.1 Å². The zero-order valence-corrected chi connectivity index (χ0v) is 10.3. The predicted molar refractivity (Wildman–Crippen MR) is 66.7 cm³/mol. The van der Waals surface area contributed by atoms with E-state index in [9.17, 15) is 0 Å². The van der Waals surface area contributed by atoms with Crippen molar-refractivity contribution in [2.45, 2.75) is 25.8 Å². The molecule has 0 aromatic heterocycles. The Morgan fingerprint density at radius 2 is 2.13 bits per heavy atom. The molecule has 0 bridgehead atoms. The van der Waals surface area contributed by atoms with E-state index in [0.29, 0.717) is 6.42 Å². The van der Waals surface area contributed by atoms with Crippen LogP contribution >= 0.6 is 24.0 Å². The first-order valence-electron chi connectivity index (χ1n) is 4.78. The van der Waals surface area contributed by atoms with Gasteiger partial charge in [0.25, 0.3) is 0 Å². The van der Waals surface area contributed by atoms with Crippen LogP contribution in [0.1, 0.15) is 30.0 Å². The highest BCUT2D eigenvalue weighted by Gasteiger charge is 2.11. The summed E-state index contributed by atoms with van der Waals surface area (Å²) in [5.74, 6) is 0. The Kier molecular flexibility index (Phi) is 6.94. The van der Waals surface area contributed by atoms with Gasteiger partial charge in [0.1, 0.15) is 0 Å². The van der Waals surface area contributed by atoms with Gasteiger partial charge in [-0.25, -0.2) is 0 Å². The number of rotatable bonds is 4. The first-order chi connectivity index (χ1) is 6.66. The van der Waals surface area contributed by atoms with Gasteiger partial charge in [0.2, 0.25) is 0 Å². The third kappa shape index (κ3) is 3.99. The molecular weight excluding hydrogens is 233 g/mol. The number of hydrogen-bond donors (Lipinski definition) is 2. The summed E-state index contributed by atoms with van der Waals surface area (Å²) in [6, 6.07) is 5.69. The Bertz CT molecular complexity index is 284. The summed E-state index contributed by atoms with van der Waals surface area (Å²) in [5.41, 5.74) is 8.10. The van der Waals surface area contributed by atoms with Crippen LogP contribution in [0.15, 0.2) is 18.2 Å². The first kappa shape index (κ1) is 14.7. The molecule has 1 rings (SSSR count).